The van der Waals surface area contributed by atoms with Gasteiger partial charge in [0.2, 0.25) is 5.78 Å². The number of hydrogen-bond acceptors (Lipinski definition) is 3. The molecule has 17 heavy (non-hydrogen) atoms. The highest BCUT2D eigenvalue weighted by Gasteiger charge is 2.20. The molecule has 1 aromatic carbocycles. The maximum atomic E-state index is 13.8. The molecule has 2 aromatic rings. The zero-order valence-electron chi connectivity index (χ0n) is 9.54. The van der Waals surface area contributed by atoms with Crippen molar-refractivity contribution in [2.24, 2.45) is 0 Å². The summed E-state index contributed by atoms with van der Waals surface area (Å²) in [4.78, 5) is 12.1. The molecule has 0 radical (unpaired) electrons. The number of carbonyl (C=O) groups is 1. The summed E-state index contributed by atoms with van der Waals surface area (Å²) in [5.41, 5.74) is 7.15. The van der Waals surface area contributed by atoms with Crippen LogP contribution in [0.1, 0.15) is 27.0 Å². The first-order chi connectivity index (χ1) is 8.00. The van der Waals surface area contributed by atoms with E-state index in [4.69, 9.17) is 5.73 Å². The van der Waals surface area contributed by atoms with E-state index in [1.807, 2.05) is 0 Å². The molecular formula is C12H12FN3O. The number of halogens is 1. The topological polar surface area (TPSA) is 71.8 Å². The second-order valence-electron chi connectivity index (χ2n) is 3.97. The quantitative estimate of drug-likeness (QED) is 0.779. The lowest BCUT2D eigenvalue weighted by Crippen LogP contribution is -2.08. The third-order valence-corrected chi connectivity index (χ3v) is 2.57. The van der Waals surface area contributed by atoms with Crippen molar-refractivity contribution < 1.29 is 9.18 Å². The average Bonchev–Trinajstić information content (AvgIpc) is 2.62. The van der Waals surface area contributed by atoms with Crippen molar-refractivity contribution >= 4 is 11.6 Å². The molecule has 0 fully saturated rings. The Bertz CT molecular complexity index is 566. The fraction of sp³-hybridized carbons (Fsp3) is 0.167. The number of H-pyrrole nitrogens is 1. The van der Waals surface area contributed by atoms with Gasteiger partial charge in [-0.05, 0) is 31.0 Å². The Balaban J connectivity index is 2.56. The SMILES string of the molecule is Cc1cc(C)c(C(=O)c2cn[nH]c2N)c(F)c1. The van der Waals surface area contributed by atoms with E-state index in [0.717, 1.165) is 5.56 Å². The predicted octanol–water partition coefficient (Wildman–Crippen LogP) is 1.98. The summed E-state index contributed by atoms with van der Waals surface area (Å²) in [5, 5.41) is 6.11. The molecule has 1 heterocycles. The van der Waals surface area contributed by atoms with Crippen LogP contribution in [0.3, 0.4) is 0 Å². The van der Waals surface area contributed by atoms with Crippen LogP contribution in [0.2, 0.25) is 0 Å². The number of nitrogens with zero attached hydrogens (tertiary/aromatic N) is 1. The third-order valence-electron chi connectivity index (χ3n) is 2.57. The van der Waals surface area contributed by atoms with Crippen LogP contribution in [0.25, 0.3) is 0 Å². The highest BCUT2D eigenvalue weighted by molar-refractivity contribution is 6.12. The van der Waals surface area contributed by atoms with Crippen LogP contribution < -0.4 is 5.73 Å². The van der Waals surface area contributed by atoms with Gasteiger partial charge in [-0.2, -0.15) is 5.10 Å². The molecule has 4 nitrogen and oxygen atoms in total. The molecule has 2 rings (SSSR count). The summed E-state index contributed by atoms with van der Waals surface area (Å²) in [6, 6.07) is 3.09. The third kappa shape index (κ3) is 1.91. The largest absolute Gasteiger partial charge is 0.383 e. The first-order valence-corrected chi connectivity index (χ1v) is 5.11. The van der Waals surface area contributed by atoms with Gasteiger partial charge in [-0.1, -0.05) is 6.07 Å². The number of carbonyl (C=O) groups excluding carboxylic acids is 1. The highest BCUT2D eigenvalue weighted by atomic mass is 19.1. The molecule has 0 bridgehead atoms. The summed E-state index contributed by atoms with van der Waals surface area (Å²) in [6.45, 7) is 3.47. The minimum atomic E-state index is -0.534. The summed E-state index contributed by atoms with van der Waals surface area (Å²) in [7, 11) is 0. The van der Waals surface area contributed by atoms with Crippen molar-refractivity contribution in [1.82, 2.24) is 10.2 Å². The van der Waals surface area contributed by atoms with Gasteiger partial charge in [0.15, 0.2) is 0 Å². The second-order valence-corrected chi connectivity index (χ2v) is 3.97. The van der Waals surface area contributed by atoms with Crippen LogP contribution in [0.4, 0.5) is 10.2 Å². The number of nitrogens with one attached hydrogen (secondary N) is 1. The number of rotatable bonds is 2. The van der Waals surface area contributed by atoms with Gasteiger partial charge in [0.25, 0.3) is 0 Å². The molecule has 5 heteroatoms. The number of nitrogens with two attached hydrogens (primary N) is 1. The zero-order chi connectivity index (χ0) is 12.6. The molecule has 0 unspecified atom stereocenters. The Hall–Kier alpha value is -2.17. The number of aromatic amines is 1. The van der Waals surface area contributed by atoms with Crippen LogP contribution in [-0.2, 0) is 0 Å². The minimum Gasteiger partial charge on any atom is -0.383 e. The molecule has 0 aliphatic rings. The van der Waals surface area contributed by atoms with Gasteiger partial charge in [0.05, 0.1) is 17.3 Å². The maximum absolute atomic E-state index is 13.8. The molecule has 0 saturated carbocycles. The Morgan fingerprint density at radius 3 is 2.65 bits per heavy atom. The molecule has 0 amide bonds. The van der Waals surface area contributed by atoms with Crippen molar-refractivity contribution in [3.63, 3.8) is 0 Å². The summed E-state index contributed by atoms with van der Waals surface area (Å²) < 4.78 is 13.8. The lowest BCUT2D eigenvalue weighted by molar-refractivity contribution is 0.103. The lowest BCUT2D eigenvalue weighted by atomic mass is 9.98. The van der Waals surface area contributed by atoms with Crippen molar-refractivity contribution in [1.29, 1.82) is 0 Å². The van der Waals surface area contributed by atoms with Gasteiger partial charge in [-0.3, -0.25) is 9.89 Å². The number of aryl methyl sites for hydroxylation is 2. The number of aromatic nitrogens is 2. The number of nitrogen functional groups attached to an aromatic ring is 1. The molecular weight excluding hydrogens is 221 g/mol. The van der Waals surface area contributed by atoms with Crippen molar-refractivity contribution in [3.8, 4) is 0 Å². The molecule has 0 spiro atoms. The first-order valence-electron chi connectivity index (χ1n) is 5.11. The molecule has 3 N–H and O–H groups in total. The van der Waals surface area contributed by atoms with Gasteiger partial charge in [-0.15, -0.1) is 0 Å². The summed E-state index contributed by atoms with van der Waals surface area (Å²) >= 11 is 0. The smallest absolute Gasteiger partial charge is 0.201 e. The zero-order valence-corrected chi connectivity index (χ0v) is 9.54. The van der Waals surface area contributed by atoms with Gasteiger partial charge in [0, 0.05) is 0 Å². The second kappa shape index (κ2) is 4.01. The van der Waals surface area contributed by atoms with Crippen molar-refractivity contribution in [3.05, 3.63) is 46.4 Å². The number of anilines is 1. The van der Waals surface area contributed by atoms with Gasteiger partial charge in [-0.25, -0.2) is 4.39 Å². The fourth-order valence-electron chi connectivity index (χ4n) is 1.82. The van der Waals surface area contributed by atoms with E-state index < -0.39 is 11.6 Å². The van der Waals surface area contributed by atoms with Crippen LogP contribution in [-0.4, -0.2) is 16.0 Å². The van der Waals surface area contributed by atoms with Crippen LogP contribution in [0.15, 0.2) is 18.3 Å². The van der Waals surface area contributed by atoms with Crippen LogP contribution in [0.5, 0.6) is 0 Å². The van der Waals surface area contributed by atoms with E-state index >= 15 is 0 Å². The summed E-state index contributed by atoms with van der Waals surface area (Å²) in [6.07, 6.45) is 1.30. The highest BCUT2D eigenvalue weighted by Crippen LogP contribution is 2.21. The van der Waals surface area contributed by atoms with Crippen molar-refractivity contribution in [2.75, 3.05) is 5.73 Å². The standard InChI is InChI=1S/C12H12FN3O/c1-6-3-7(2)10(9(13)4-6)11(17)8-5-15-16-12(8)14/h3-5H,1-2H3,(H3,14,15,16). The van der Waals surface area contributed by atoms with E-state index in [9.17, 15) is 9.18 Å². The maximum Gasteiger partial charge on any atom is 0.201 e. The lowest BCUT2D eigenvalue weighted by Gasteiger charge is -2.07. The van der Waals surface area contributed by atoms with E-state index in [2.05, 4.69) is 10.2 Å². The van der Waals surface area contributed by atoms with Gasteiger partial charge >= 0.3 is 0 Å². The Kier molecular flexibility index (Phi) is 2.67. The number of ketones is 1. The molecule has 1 aromatic heterocycles. The number of hydrogen-bond donors (Lipinski definition) is 2. The van der Waals surface area contributed by atoms with Crippen molar-refractivity contribution in [2.45, 2.75) is 13.8 Å². The molecule has 0 aliphatic heterocycles. The molecule has 0 saturated heterocycles. The van der Waals surface area contributed by atoms with E-state index in [-0.39, 0.29) is 16.9 Å². The molecule has 0 atom stereocenters. The molecule has 0 aliphatic carbocycles. The monoisotopic (exact) mass is 233 g/mol. The minimum absolute atomic E-state index is 0.0451. The van der Waals surface area contributed by atoms with E-state index in [0.29, 0.717) is 5.56 Å². The van der Waals surface area contributed by atoms with Crippen LogP contribution >= 0.6 is 0 Å². The Morgan fingerprint density at radius 2 is 2.12 bits per heavy atom. The average molecular weight is 233 g/mol. The van der Waals surface area contributed by atoms with Gasteiger partial charge < -0.3 is 5.73 Å². The van der Waals surface area contributed by atoms with Crippen LogP contribution in [0, 0.1) is 19.7 Å². The number of benzene rings is 1. The van der Waals surface area contributed by atoms with Gasteiger partial charge in [0.1, 0.15) is 11.6 Å². The van der Waals surface area contributed by atoms with E-state index in [1.54, 1.807) is 19.9 Å². The Labute approximate surface area is 97.6 Å². The Morgan fingerprint density at radius 1 is 1.41 bits per heavy atom. The fourth-order valence-corrected chi connectivity index (χ4v) is 1.82. The summed E-state index contributed by atoms with van der Waals surface area (Å²) in [5.74, 6) is -0.839. The van der Waals surface area contributed by atoms with E-state index in [1.165, 1.54) is 12.3 Å². The molecule has 88 valence electrons. The normalized spacial score (nSPS) is 10.5. The first kappa shape index (κ1) is 11.3. The predicted molar refractivity (Wildman–Crippen MR) is 62.3 cm³/mol.